The average Bonchev–Trinajstić information content (AvgIpc) is 3.46. The zero-order valence-electron chi connectivity index (χ0n) is 20.5. The second kappa shape index (κ2) is 14.5. The van der Waals surface area contributed by atoms with E-state index in [0.717, 1.165) is 30.6 Å². The molecule has 4 aromatic rings. The third kappa shape index (κ3) is 8.24. The topological polar surface area (TPSA) is 120 Å². The van der Waals surface area contributed by atoms with E-state index in [1.165, 1.54) is 16.6 Å². The van der Waals surface area contributed by atoms with Crippen molar-refractivity contribution in [1.82, 2.24) is 15.3 Å². The maximum Gasteiger partial charge on any atom is 0.270 e. The molecule has 2 aromatic heterocycles. The van der Waals surface area contributed by atoms with Crippen LogP contribution in [0.3, 0.4) is 0 Å². The molecule has 190 valence electrons. The van der Waals surface area contributed by atoms with Gasteiger partial charge in [0.15, 0.2) is 5.16 Å². The summed E-state index contributed by atoms with van der Waals surface area (Å²) in [5.41, 5.74) is 2.68. The van der Waals surface area contributed by atoms with Crippen molar-refractivity contribution < 1.29 is 9.53 Å². The zero-order valence-corrected chi connectivity index (χ0v) is 22.1. The molecule has 37 heavy (non-hydrogen) atoms. The molecule has 3 N–H and O–H groups in total. The van der Waals surface area contributed by atoms with Crippen LogP contribution in [-0.2, 0) is 17.0 Å². The molecule has 4 rings (SSSR count). The number of methoxy groups -OCH3 is 1. The van der Waals surface area contributed by atoms with Gasteiger partial charge in [-0.25, -0.2) is 4.98 Å². The fraction of sp³-hybridized carbons (Fsp3) is 0.185. The van der Waals surface area contributed by atoms with Gasteiger partial charge in [0.1, 0.15) is 17.4 Å². The number of rotatable bonds is 10. The molecule has 0 saturated heterocycles. The van der Waals surface area contributed by atoms with Gasteiger partial charge in [0.2, 0.25) is 6.41 Å². The molecule has 2 heterocycles. The second-order valence-electron chi connectivity index (χ2n) is 7.58. The number of ether oxygens (including phenoxy) is 1. The Kier molecular flexibility index (Phi) is 10.8. The Bertz CT molecular complexity index is 1400. The Balaban J connectivity index is 0.000000319. The van der Waals surface area contributed by atoms with Gasteiger partial charge in [0, 0.05) is 35.5 Å². The highest BCUT2D eigenvalue weighted by Crippen LogP contribution is 2.27. The lowest BCUT2D eigenvalue weighted by Gasteiger charge is -2.08. The van der Waals surface area contributed by atoms with Gasteiger partial charge in [-0.3, -0.25) is 9.59 Å². The summed E-state index contributed by atoms with van der Waals surface area (Å²) in [5.74, 6) is 1.28. The predicted molar refractivity (Wildman–Crippen MR) is 149 cm³/mol. The average molecular weight is 534 g/mol. The monoisotopic (exact) mass is 533 g/mol. The molecule has 0 aliphatic carbocycles. The first kappa shape index (κ1) is 27.5. The quantitative estimate of drug-likeness (QED) is 0.117. The van der Waals surface area contributed by atoms with Crippen LogP contribution in [0.1, 0.15) is 16.0 Å². The van der Waals surface area contributed by atoms with Crippen LogP contribution in [0.15, 0.2) is 76.0 Å². The standard InChI is InChI=1S/C20H18N4O2S.C7H9NOS/c1-22-15-7-3-5-13(9-15)12-27-20-23-18(17(11-21)19(25)24-20)14-6-4-8-16(10-14)26-2;9-6-8-4-3-7-2-1-5-10-7/h3-10,22H,12H2,1-2H3,(H,23,24,25);1-2,5-6H,3-4H2,(H,8,9). The summed E-state index contributed by atoms with van der Waals surface area (Å²) in [4.78, 5) is 30.7. The number of nitrogens with one attached hydrogen (secondary N) is 3. The first-order chi connectivity index (χ1) is 18.1. The van der Waals surface area contributed by atoms with E-state index < -0.39 is 5.56 Å². The van der Waals surface area contributed by atoms with E-state index in [-0.39, 0.29) is 5.56 Å². The fourth-order valence-electron chi connectivity index (χ4n) is 3.28. The van der Waals surface area contributed by atoms with E-state index in [1.54, 1.807) is 42.7 Å². The number of benzene rings is 2. The smallest absolute Gasteiger partial charge is 0.270 e. The van der Waals surface area contributed by atoms with Gasteiger partial charge in [-0.05, 0) is 47.7 Å². The van der Waals surface area contributed by atoms with E-state index in [1.807, 2.05) is 48.8 Å². The number of hydrogen-bond acceptors (Lipinski definition) is 8. The molecule has 8 nitrogen and oxygen atoms in total. The van der Waals surface area contributed by atoms with Crippen molar-refractivity contribution in [2.24, 2.45) is 0 Å². The molecular weight excluding hydrogens is 506 g/mol. The van der Waals surface area contributed by atoms with E-state index >= 15 is 0 Å². The van der Waals surface area contributed by atoms with Crippen molar-refractivity contribution in [1.29, 1.82) is 5.26 Å². The number of amides is 1. The van der Waals surface area contributed by atoms with Gasteiger partial charge in [-0.15, -0.1) is 11.3 Å². The maximum absolute atomic E-state index is 12.4. The van der Waals surface area contributed by atoms with Gasteiger partial charge in [-0.2, -0.15) is 5.26 Å². The van der Waals surface area contributed by atoms with E-state index in [9.17, 15) is 14.9 Å². The number of H-pyrrole nitrogens is 1. The van der Waals surface area contributed by atoms with Crippen molar-refractivity contribution in [2.45, 2.75) is 17.3 Å². The maximum atomic E-state index is 12.4. The number of hydrogen-bond donors (Lipinski definition) is 3. The molecule has 0 bridgehead atoms. The first-order valence-electron chi connectivity index (χ1n) is 11.4. The molecule has 0 unspecified atom stereocenters. The molecule has 0 radical (unpaired) electrons. The van der Waals surface area contributed by atoms with Crippen LogP contribution < -0.4 is 20.9 Å². The zero-order chi connectivity index (χ0) is 26.5. The van der Waals surface area contributed by atoms with Crippen LogP contribution in [0.5, 0.6) is 5.75 Å². The van der Waals surface area contributed by atoms with Crippen LogP contribution in [0, 0.1) is 11.3 Å². The number of aromatic amines is 1. The summed E-state index contributed by atoms with van der Waals surface area (Å²) >= 11 is 3.13. The molecule has 0 atom stereocenters. The lowest BCUT2D eigenvalue weighted by atomic mass is 10.1. The second-order valence-corrected chi connectivity index (χ2v) is 9.58. The van der Waals surface area contributed by atoms with Gasteiger partial charge in [0.25, 0.3) is 5.56 Å². The molecule has 2 aromatic carbocycles. The highest BCUT2D eigenvalue weighted by Gasteiger charge is 2.14. The third-order valence-corrected chi connectivity index (χ3v) is 7.00. The molecule has 0 aliphatic heterocycles. The van der Waals surface area contributed by atoms with Crippen molar-refractivity contribution in [3.8, 4) is 23.1 Å². The molecule has 0 saturated carbocycles. The Labute approximate surface area is 223 Å². The van der Waals surface area contributed by atoms with Gasteiger partial charge in [-0.1, -0.05) is 42.1 Å². The van der Waals surface area contributed by atoms with Gasteiger partial charge >= 0.3 is 0 Å². The number of carbonyl (C=O) groups is 1. The van der Waals surface area contributed by atoms with E-state index in [2.05, 4.69) is 26.7 Å². The summed E-state index contributed by atoms with van der Waals surface area (Å²) in [6.07, 6.45) is 1.67. The minimum atomic E-state index is -0.447. The number of aromatic nitrogens is 2. The largest absolute Gasteiger partial charge is 0.497 e. The Morgan fingerprint density at radius 1 is 1.19 bits per heavy atom. The lowest BCUT2D eigenvalue weighted by molar-refractivity contribution is -0.109. The lowest BCUT2D eigenvalue weighted by Crippen LogP contribution is -2.14. The van der Waals surface area contributed by atoms with Crippen LogP contribution >= 0.6 is 23.1 Å². The van der Waals surface area contributed by atoms with Gasteiger partial charge in [0.05, 0.1) is 12.8 Å². The van der Waals surface area contributed by atoms with Gasteiger partial charge < -0.3 is 20.4 Å². The molecule has 0 spiro atoms. The number of carbonyl (C=O) groups excluding carboxylic acids is 1. The number of nitrogens with zero attached hydrogens (tertiary/aromatic N) is 2. The van der Waals surface area contributed by atoms with Crippen molar-refractivity contribution in [2.75, 3.05) is 26.0 Å². The van der Waals surface area contributed by atoms with E-state index in [4.69, 9.17) is 4.74 Å². The van der Waals surface area contributed by atoms with Crippen molar-refractivity contribution in [3.63, 3.8) is 0 Å². The summed E-state index contributed by atoms with van der Waals surface area (Å²) in [6.45, 7) is 0.740. The molecule has 0 aliphatic rings. The highest BCUT2D eigenvalue weighted by atomic mass is 32.2. The van der Waals surface area contributed by atoms with Crippen LogP contribution in [0.2, 0.25) is 0 Å². The normalized spacial score (nSPS) is 9.97. The Morgan fingerprint density at radius 3 is 2.73 bits per heavy atom. The van der Waals surface area contributed by atoms with Crippen molar-refractivity contribution >= 4 is 35.2 Å². The number of anilines is 1. The van der Waals surface area contributed by atoms with Crippen LogP contribution in [0.4, 0.5) is 5.69 Å². The first-order valence-corrected chi connectivity index (χ1v) is 13.2. The molecular formula is C27H27N5O3S2. The number of thioether (sulfide) groups is 1. The minimum Gasteiger partial charge on any atom is -0.497 e. The van der Waals surface area contributed by atoms with E-state index in [0.29, 0.717) is 27.9 Å². The summed E-state index contributed by atoms with van der Waals surface area (Å²) in [5, 5.41) is 17.6. The predicted octanol–water partition coefficient (Wildman–Crippen LogP) is 4.69. The minimum absolute atomic E-state index is 0.00946. The Morgan fingerprint density at radius 2 is 2.03 bits per heavy atom. The highest BCUT2D eigenvalue weighted by molar-refractivity contribution is 7.98. The fourth-order valence-corrected chi connectivity index (χ4v) is 4.79. The molecule has 1 amide bonds. The SMILES string of the molecule is CNc1cccc(CSc2nc(-c3cccc(OC)c3)c(C#N)c(=O)[nH]2)c1.O=CNCCc1cccs1. The summed E-state index contributed by atoms with van der Waals surface area (Å²) < 4.78 is 5.23. The third-order valence-electron chi connectivity index (χ3n) is 5.12. The Hall–Kier alpha value is -4.07. The van der Waals surface area contributed by atoms with Crippen LogP contribution in [-0.4, -0.2) is 37.1 Å². The molecule has 10 heteroatoms. The summed E-state index contributed by atoms with van der Waals surface area (Å²) in [7, 11) is 3.43. The molecule has 0 fully saturated rings. The number of thiophene rings is 1. The van der Waals surface area contributed by atoms with Crippen molar-refractivity contribution in [3.05, 3.63) is 92.4 Å². The van der Waals surface area contributed by atoms with Crippen LogP contribution in [0.25, 0.3) is 11.3 Å². The number of nitriles is 1. The summed E-state index contributed by atoms with van der Waals surface area (Å²) in [6, 6.07) is 21.2.